The van der Waals surface area contributed by atoms with E-state index >= 15 is 0 Å². The number of halogens is 2. The van der Waals surface area contributed by atoms with E-state index < -0.39 is 4.92 Å². The van der Waals surface area contributed by atoms with Crippen molar-refractivity contribution < 1.29 is 14.5 Å². The summed E-state index contributed by atoms with van der Waals surface area (Å²) in [6, 6.07) is 18.3. The summed E-state index contributed by atoms with van der Waals surface area (Å²) in [5.41, 5.74) is 2.81. The predicted octanol–water partition coefficient (Wildman–Crippen LogP) is 6.29. The average molecular weight is 482 g/mol. The van der Waals surface area contributed by atoms with Gasteiger partial charge in [0, 0.05) is 22.7 Å². The van der Waals surface area contributed by atoms with E-state index in [0.717, 1.165) is 5.56 Å². The van der Waals surface area contributed by atoms with Gasteiger partial charge in [-0.15, -0.1) is 0 Å². The van der Waals surface area contributed by atoms with E-state index in [1.54, 1.807) is 49.4 Å². The second-order valence-corrected chi connectivity index (χ2v) is 8.06. The zero-order valence-corrected chi connectivity index (χ0v) is 18.9. The van der Waals surface area contributed by atoms with E-state index in [-0.39, 0.29) is 23.2 Å². The molecule has 1 amide bonds. The number of benzene rings is 3. The van der Waals surface area contributed by atoms with E-state index in [1.807, 2.05) is 18.2 Å². The Morgan fingerprint density at radius 3 is 2.45 bits per heavy atom. The van der Waals surface area contributed by atoms with Crippen LogP contribution in [0.15, 0.2) is 77.4 Å². The molecule has 7 nitrogen and oxygen atoms in total. The number of anilines is 1. The zero-order valence-electron chi connectivity index (χ0n) is 17.4. The van der Waals surface area contributed by atoms with Gasteiger partial charge in [-0.25, -0.2) is 0 Å². The number of rotatable bonds is 6. The molecule has 0 bridgehead atoms. The number of hydrogen-bond donors (Lipinski definition) is 0. The van der Waals surface area contributed by atoms with Gasteiger partial charge in [-0.3, -0.25) is 14.9 Å². The molecule has 9 heteroatoms. The highest BCUT2D eigenvalue weighted by molar-refractivity contribution is 6.36. The normalized spacial score (nSPS) is 14.5. The Hall–Kier alpha value is -3.68. The molecular weight excluding hydrogens is 465 g/mol. The quantitative estimate of drug-likeness (QED) is 0.235. The number of nitrogens with zero attached hydrogens (tertiary/aromatic N) is 3. The highest BCUT2D eigenvalue weighted by atomic mass is 35.5. The first-order valence-corrected chi connectivity index (χ1v) is 10.6. The van der Waals surface area contributed by atoms with E-state index in [4.69, 9.17) is 27.9 Å². The minimum absolute atomic E-state index is 0.00817. The Balaban J connectivity index is 1.63. The van der Waals surface area contributed by atoms with E-state index in [9.17, 15) is 14.9 Å². The zero-order chi connectivity index (χ0) is 23.5. The molecule has 0 N–H and O–H groups in total. The maximum atomic E-state index is 13.0. The molecule has 33 heavy (non-hydrogen) atoms. The molecule has 0 radical (unpaired) electrons. The molecule has 0 spiro atoms. The van der Waals surface area contributed by atoms with Crippen molar-refractivity contribution in [3.8, 4) is 5.75 Å². The number of nitro benzene ring substituents is 1. The second-order valence-electron chi connectivity index (χ2n) is 7.21. The van der Waals surface area contributed by atoms with Crippen LogP contribution in [0.3, 0.4) is 0 Å². The monoisotopic (exact) mass is 481 g/mol. The molecule has 3 aromatic carbocycles. The third-order valence-electron chi connectivity index (χ3n) is 4.93. The lowest BCUT2D eigenvalue weighted by Crippen LogP contribution is -2.21. The molecule has 0 atom stereocenters. The molecule has 4 rings (SSSR count). The van der Waals surface area contributed by atoms with Crippen LogP contribution in [-0.4, -0.2) is 16.5 Å². The highest BCUT2D eigenvalue weighted by Crippen LogP contribution is 2.36. The van der Waals surface area contributed by atoms with Crippen molar-refractivity contribution in [2.45, 2.75) is 13.5 Å². The van der Waals surface area contributed by atoms with Crippen LogP contribution < -0.4 is 9.75 Å². The third kappa shape index (κ3) is 4.89. The Labute approximate surface area is 199 Å². The molecule has 3 aromatic rings. The summed E-state index contributed by atoms with van der Waals surface area (Å²) < 4.78 is 5.93. The minimum Gasteiger partial charge on any atom is -0.487 e. The first-order chi connectivity index (χ1) is 15.8. The summed E-state index contributed by atoms with van der Waals surface area (Å²) in [6.45, 7) is 1.86. The van der Waals surface area contributed by atoms with Gasteiger partial charge in [0.2, 0.25) is 0 Å². The van der Waals surface area contributed by atoms with Crippen molar-refractivity contribution in [3.05, 3.63) is 104 Å². The van der Waals surface area contributed by atoms with Crippen molar-refractivity contribution in [2.24, 2.45) is 5.10 Å². The van der Waals surface area contributed by atoms with E-state index in [0.29, 0.717) is 33.3 Å². The number of hydrogen-bond acceptors (Lipinski definition) is 5. The molecule has 0 saturated heterocycles. The molecule has 1 heterocycles. The van der Waals surface area contributed by atoms with Crippen LogP contribution in [0.5, 0.6) is 5.75 Å². The Morgan fingerprint density at radius 2 is 1.79 bits per heavy atom. The standard InChI is InChI=1S/C24H17Cl2N3O4/c1-15-21(24(30)28(27-15)19-5-3-2-4-6-19)12-17-11-18(25)13-22(26)23(17)33-14-16-7-9-20(10-8-16)29(31)32/h2-13H,14H2,1H3/b21-12+. The summed E-state index contributed by atoms with van der Waals surface area (Å²) >= 11 is 12.6. The first kappa shape index (κ1) is 22.5. The SMILES string of the molecule is CC1=NN(c2ccccc2)C(=O)/C1=C/c1cc(Cl)cc(Cl)c1OCc1ccc([N+](=O)[O-])cc1. The predicted molar refractivity (Wildman–Crippen MR) is 129 cm³/mol. The summed E-state index contributed by atoms with van der Waals surface area (Å²) in [4.78, 5) is 23.4. The smallest absolute Gasteiger partial charge is 0.280 e. The summed E-state index contributed by atoms with van der Waals surface area (Å²) in [5, 5.41) is 17.2. The van der Waals surface area contributed by atoms with Gasteiger partial charge in [0.25, 0.3) is 11.6 Å². The second kappa shape index (κ2) is 9.44. The van der Waals surface area contributed by atoms with Crippen molar-refractivity contribution >= 4 is 52.3 Å². The first-order valence-electron chi connectivity index (χ1n) is 9.85. The minimum atomic E-state index is -0.466. The maximum absolute atomic E-state index is 13.0. The molecule has 1 aliphatic heterocycles. The van der Waals surface area contributed by atoms with Crippen LogP contribution in [0, 0.1) is 10.1 Å². The number of non-ortho nitro benzene ring substituents is 1. The number of para-hydroxylation sites is 1. The number of nitro groups is 1. The molecule has 0 saturated carbocycles. The van der Waals surface area contributed by atoms with Gasteiger partial charge >= 0.3 is 0 Å². The Morgan fingerprint density at radius 1 is 1.09 bits per heavy atom. The summed E-state index contributed by atoms with van der Waals surface area (Å²) in [5.74, 6) is 0.0572. The lowest BCUT2D eigenvalue weighted by atomic mass is 10.1. The average Bonchev–Trinajstić information content (AvgIpc) is 3.07. The fourth-order valence-electron chi connectivity index (χ4n) is 3.29. The van der Waals surface area contributed by atoms with Crippen LogP contribution in [0.2, 0.25) is 10.0 Å². The van der Waals surface area contributed by atoms with E-state index in [1.165, 1.54) is 17.1 Å². The van der Waals surface area contributed by atoms with Crippen molar-refractivity contribution in [1.82, 2.24) is 0 Å². The van der Waals surface area contributed by atoms with Gasteiger partial charge in [-0.05, 0) is 55.0 Å². The van der Waals surface area contributed by atoms with Crippen molar-refractivity contribution in [1.29, 1.82) is 0 Å². The van der Waals surface area contributed by atoms with Crippen LogP contribution in [0.4, 0.5) is 11.4 Å². The largest absolute Gasteiger partial charge is 0.487 e. The molecule has 0 aliphatic carbocycles. The van der Waals surface area contributed by atoms with Gasteiger partial charge in [0.1, 0.15) is 12.4 Å². The lowest BCUT2D eigenvalue weighted by Gasteiger charge is -2.13. The molecule has 0 fully saturated rings. The maximum Gasteiger partial charge on any atom is 0.280 e. The number of ether oxygens (including phenoxy) is 1. The van der Waals surface area contributed by atoms with Crippen LogP contribution in [0.25, 0.3) is 6.08 Å². The van der Waals surface area contributed by atoms with Crippen molar-refractivity contribution in [2.75, 3.05) is 5.01 Å². The molecule has 166 valence electrons. The Kier molecular flexibility index (Phi) is 6.44. The third-order valence-corrected chi connectivity index (χ3v) is 5.43. The molecule has 0 aromatic heterocycles. The van der Waals surface area contributed by atoms with Gasteiger partial charge in [-0.2, -0.15) is 10.1 Å². The lowest BCUT2D eigenvalue weighted by molar-refractivity contribution is -0.384. The van der Waals surface area contributed by atoms with Crippen LogP contribution in [-0.2, 0) is 11.4 Å². The van der Waals surface area contributed by atoms with Crippen LogP contribution >= 0.6 is 23.2 Å². The number of hydrazone groups is 1. The van der Waals surface area contributed by atoms with Crippen molar-refractivity contribution in [3.63, 3.8) is 0 Å². The fraction of sp³-hybridized carbons (Fsp3) is 0.0833. The topological polar surface area (TPSA) is 85.0 Å². The van der Waals surface area contributed by atoms with E-state index in [2.05, 4.69) is 5.10 Å². The summed E-state index contributed by atoms with van der Waals surface area (Å²) in [6.07, 6.45) is 1.65. The number of amides is 1. The molecular formula is C24H17Cl2N3O4. The highest BCUT2D eigenvalue weighted by Gasteiger charge is 2.29. The van der Waals surface area contributed by atoms with Gasteiger partial charge < -0.3 is 4.74 Å². The van der Waals surface area contributed by atoms with Gasteiger partial charge in [-0.1, -0.05) is 41.4 Å². The summed E-state index contributed by atoms with van der Waals surface area (Å²) in [7, 11) is 0. The fourth-order valence-corrected chi connectivity index (χ4v) is 3.86. The Bertz CT molecular complexity index is 1290. The molecule has 0 unspecified atom stereocenters. The number of carbonyl (C=O) groups is 1. The van der Waals surface area contributed by atoms with Crippen LogP contribution in [0.1, 0.15) is 18.1 Å². The van der Waals surface area contributed by atoms with Gasteiger partial charge in [0.15, 0.2) is 0 Å². The van der Waals surface area contributed by atoms with Gasteiger partial charge in [0.05, 0.1) is 26.9 Å². The number of carbonyl (C=O) groups excluding carboxylic acids is 1. The molecule has 1 aliphatic rings.